The minimum absolute atomic E-state index is 0.0362. The fourth-order valence-electron chi connectivity index (χ4n) is 3.66. The number of hydrogen-bond donors (Lipinski definition) is 0. The Hall–Kier alpha value is -3.20. The lowest BCUT2D eigenvalue weighted by molar-refractivity contribution is -0.138. The number of thiocarbonyl (C=S) groups is 1. The summed E-state index contributed by atoms with van der Waals surface area (Å²) in [5.74, 6) is -0.589. The number of carbonyl (C=O) groups excluding carboxylic acids is 3. The minimum Gasteiger partial charge on any atom is -0.368 e. The first-order valence-corrected chi connectivity index (χ1v) is 10.1. The maximum absolute atomic E-state index is 12.8. The van der Waals surface area contributed by atoms with Gasteiger partial charge in [-0.05, 0) is 49.5 Å². The van der Waals surface area contributed by atoms with E-state index in [-0.39, 0.29) is 29.3 Å². The van der Waals surface area contributed by atoms with Crippen LogP contribution in [0.4, 0.5) is 5.69 Å². The average Bonchev–Trinajstić information content (AvgIpc) is 2.76. The third kappa shape index (κ3) is 3.93. The Kier molecular flexibility index (Phi) is 5.54. The van der Waals surface area contributed by atoms with E-state index in [0.717, 1.165) is 5.69 Å². The summed E-state index contributed by atoms with van der Waals surface area (Å²) < 4.78 is 0. The topological polar surface area (TPSA) is 85.7 Å². The molecule has 1 aromatic rings. The maximum Gasteiger partial charge on any atom is 0.243 e. The molecular weight excluding hydrogens is 402 g/mol. The molecule has 1 aromatic carbocycles. The number of allylic oxidation sites excluding steroid dienone is 1. The molecule has 4 rings (SSSR count). The number of nitrogens with zero attached hydrogens (tertiary/aromatic N) is 5. The number of dihydropyridines is 1. The van der Waals surface area contributed by atoms with Crippen molar-refractivity contribution >= 4 is 52.7 Å². The molecule has 9 heteroatoms. The van der Waals surface area contributed by atoms with Gasteiger partial charge >= 0.3 is 0 Å². The zero-order valence-corrected chi connectivity index (χ0v) is 17.3. The third-order valence-corrected chi connectivity index (χ3v) is 5.72. The number of hydrogen-bond acceptors (Lipinski definition) is 6. The predicted molar refractivity (Wildman–Crippen MR) is 118 cm³/mol. The predicted octanol–water partition coefficient (Wildman–Crippen LogP) is 1.32. The van der Waals surface area contributed by atoms with Crippen LogP contribution in [0.15, 0.2) is 46.4 Å². The standard InChI is InChI=1S/C21H21N5O3S/c1-14(27)15-4-6-16(7-5-15)24-9-11-25(12-10-24)18(28)13-26-20(29)17-3-2-8-22-19(17)23-21(26)30/h2-8,17H,9-13H2,1H3. The van der Waals surface area contributed by atoms with Crippen molar-refractivity contribution in [1.29, 1.82) is 0 Å². The highest BCUT2D eigenvalue weighted by atomic mass is 32.1. The van der Waals surface area contributed by atoms with Crippen molar-refractivity contribution in [1.82, 2.24) is 9.80 Å². The summed E-state index contributed by atoms with van der Waals surface area (Å²) in [4.78, 5) is 50.4. The Balaban J connectivity index is 1.35. The van der Waals surface area contributed by atoms with Gasteiger partial charge in [-0.25, -0.2) is 9.98 Å². The fourth-order valence-corrected chi connectivity index (χ4v) is 3.91. The van der Waals surface area contributed by atoms with Crippen molar-refractivity contribution < 1.29 is 14.4 Å². The van der Waals surface area contributed by atoms with E-state index >= 15 is 0 Å². The van der Waals surface area contributed by atoms with Gasteiger partial charge in [-0.3, -0.25) is 19.3 Å². The molecule has 1 atom stereocenters. The molecular formula is C21H21N5O3S. The number of piperazine rings is 1. The lowest BCUT2D eigenvalue weighted by Gasteiger charge is -2.37. The highest BCUT2D eigenvalue weighted by molar-refractivity contribution is 7.80. The number of amidine groups is 1. The van der Waals surface area contributed by atoms with E-state index in [2.05, 4.69) is 14.9 Å². The molecule has 1 fully saturated rings. The van der Waals surface area contributed by atoms with Crippen LogP contribution in [0, 0.1) is 5.92 Å². The second-order valence-electron chi connectivity index (χ2n) is 7.29. The first-order chi connectivity index (χ1) is 14.4. The van der Waals surface area contributed by atoms with Crippen molar-refractivity contribution in [2.75, 3.05) is 37.6 Å². The lowest BCUT2D eigenvalue weighted by Crippen LogP contribution is -2.54. The summed E-state index contributed by atoms with van der Waals surface area (Å²) >= 11 is 5.22. The number of benzene rings is 1. The second-order valence-corrected chi connectivity index (χ2v) is 7.65. The molecule has 0 N–H and O–H groups in total. The molecule has 0 bridgehead atoms. The molecule has 0 radical (unpaired) electrons. The van der Waals surface area contributed by atoms with Gasteiger partial charge in [0.15, 0.2) is 5.78 Å². The van der Waals surface area contributed by atoms with Crippen molar-refractivity contribution in [3.8, 4) is 0 Å². The van der Waals surface area contributed by atoms with Crippen LogP contribution in [-0.2, 0) is 9.59 Å². The normalized spacial score (nSPS) is 20.9. The molecule has 30 heavy (non-hydrogen) atoms. The first kappa shape index (κ1) is 20.1. The molecule has 0 aliphatic carbocycles. The Labute approximate surface area is 179 Å². The molecule has 3 heterocycles. The van der Waals surface area contributed by atoms with Gasteiger partial charge < -0.3 is 9.80 Å². The summed E-state index contributed by atoms with van der Waals surface area (Å²) in [5, 5.41) is 0.0799. The van der Waals surface area contributed by atoms with E-state index < -0.39 is 5.92 Å². The fraction of sp³-hybridized carbons (Fsp3) is 0.333. The molecule has 3 aliphatic heterocycles. The summed E-state index contributed by atoms with van der Waals surface area (Å²) in [6.45, 7) is 3.87. The van der Waals surface area contributed by atoms with Crippen LogP contribution < -0.4 is 4.90 Å². The zero-order valence-electron chi connectivity index (χ0n) is 16.5. The van der Waals surface area contributed by atoms with Gasteiger partial charge in [0.2, 0.25) is 16.9 Å². The Morgan fingerprint density at radius 1 is 1.13 bits per heavy atom. The summed E-state index contributed by atoms with van der Waals surface area (Å²) in [7, 11) is 0. The number of rotatable bonds is 4. The van der Waals surface area contributed by atoms with Gasteiger partial charge in [0, 0.05) is 43.6 Å². The highest BCUT2D eigenvalue weighted by Crippen LogP contribution is 2.20. The molecule has 1 unspecified atom stereocenters. The Bertz CT molecular complexity index is 990. The Morgan fingerprint density at radius 3 is 2.50 bits per heavy atom. The van der Waals surface area contributed by atoms with E-state index in [1.54, 1.807) is 30.2 Å². The first-order valence-electron chi connectivity index (χ1n) is 9.72. The van der Waals surface area contributed by atoms with Crippen molar-refractivity contribution in [3.05, 3.63) is 42.0 Å². The van der Waals surface area contributed by atoms with Gasteiger partial charge in [-0.2, -0.15) is 0 Å². The minimum atomic E-state index is -0.579. The van der Waals surface area contributed by atoms with Crippen LogP contribution in [0.5, 0.6) is 0 Å². The maximum atomic E-state index is 12.8. The largest absolute Gasteiger partial charge is 0.368 e. The Morgan fingerprint density at radius 2 is 1.83 bits per heavy atom. The summed E-state index contributed by atoms with van der Waals surface area (Å²) in [6, 6.07) is 7.48. The average molecular weight is 423 g/mol. The molecule has 0 spiro atoms. The smallest absolute Gasteiger partial charge is 0.243 e. The van der Waals surface area contributed by atoms with E-state index in [9.17, 15) is 14.4 Å². The molecule has 154 valence electrons. The van der Waals surface area contributed by atoms with E-state index in [1.807, 2.05) is 24.3 Å². The molecule has 2 amide bonds. The van der Waals surface area contributed by atoms with Gasteiger partial charge in [-0.15, -0.1) is 0 Å². The van der Waals surface area contributed by atoms with Gasteiger partial charge in [0.1, 0.15) is 18.3 Å². The van der Waals surface area contributed by atoms with Crippen molar-refractivity contribution in [2.24, 2.45) is 15.9 Å². The molecule has 3 aliphatic rings. The van der Waals surface area contributed by atoms with E-state index in [1.165, 1.54) is 4.90 Å². The van der Waals surface area contributed by atoms with Crippen molar-refractivity contribution in [3.63, 3.8) is 0 Å². The third-order valence-electron chi connectivity index (χ3n) is 5.41. The quantitative estimate of drug-likeness (QED) is 0.539. The summed E-state index contributed by atoms with van der Waals surface area (Å²) in [5.41, 5.74) is 1.70. The number of carbonyl (C=O) groups is 3. The van der Waals surface area contributed by atoms with E-state index in [0.29, 0.717) is 37.6 Å². The van der Waals surface area contributed by atoms with Crippen LogP contribution in [-0.4, -0.2) is 77.3 Å². The van der Waals surface area contributed by atoms with Crippen molar-refractivity contribution in [2.45, 2.75) is 6.92 Å². The molecule has 1 saturated heterocycles. The second kappa shape index (κ2) is 8.27. The number of fused-ring (bicyclic) bond motifs is 1. The van der Waals surface area contributed by atoms with Crippen LogP contribution >= 0.6 is 12.2 Å². The highest BCUT2D eigenvalue weighted by Gasteiger charge is 2.36. The number of anilines is 1. The molecule has 0 saturated carbocycles. The summed E-state index contributed by atoms with van der Waals surface area (Å²) in [6.07, 6.45) is 4.97. The zero-order chi connectivity index (χ0) is 21.3. The van der Waals surface area contributed by atoms with Crippen LogP contribution in [0.1, 0.15) is 17.3 Å². The molecule has 8 nitrogen and oxygen atoms in total. The monoisotopic (exact) mass is 423 g/mol. The number of aliphatic imine (C=N–C) groups is 2. The van der Waals surface area contributed by atoms with Gasteiger partial charge in [-0.1, -0.05) is 6.08 Å². The van der Waals surface area contributed by atoms with Gasteiger partial charge in [0.05, 0.1) is 0 Å². The van der Waals surface area contributed by atoms with Crippen LogP contribution in [0.25, 0.3) is 0 Å². The number of ketones is 1. The SMILES string of the molecule is CC(=O)c1ccc(N2CCN(C(=O)CN3C(=O)C4C=CC=NC4=NC3=S)CC2)cc1. The van der Waals surface area contributed by atoms with Crippen LogP contribution in [0.3, 0.4) is 0 Å². The number of amides is 2. The number of Topliss-reactive ketones (excluding diaryl/α,β-unsaturated/α-hetero) is 1. The van der Waals surface area contributed by atoms with Gasteiger partial charge in [0.25, 0.3) is 0 Å². The van der Waals surface area contributed by atoms with Crippen LogP contribution in [0.2, 0.25) is 0 Å². The van der Waals surface area contributed by atoms with E-state index in [4.69, 9.17) is 12.2 Å². The molecule has 0 aromatic heterocycles. The lowest BCUT2D eigenvalue weighted by atomic mass is 10.0.